The second-order valence-electron chi connectivity index (χ2n) is 17.1. The summed E-state index contributed by atoms with van der Waals surface area (Å²) in [5.74, 6) is 0. The van der Waals surface area contributed by atoms with Crippen LogP contribution in [0.3, 0.4) is 0 Å². The van der Waals surface area contributed by atoms with Crippen LogP contribution >= 0.6 is 11.3 Å². The average molecular weight is 786 g/mol. The summed E-state index contributed by atoms with van der Waals surface area (Å²) in [5.41, 5.74) is 18.8. The van der Waals surface area contributed by atoms with E-state index >= 15 is 0 Å². The summed E-state index contributed by atoms with van der Waals surface area (Å²) in [5, 5.41) is 2.66. The van der Waals surface area contributed by atoms with Gasteiger partial charge in [0.15, 0.2) is 0 Å². The van der Waals surface area contributed by atoms with Crippen LogP contribution in [0.1, 0.15) is 65.6 Å². The third-order valence-corrected chi connectivity index (χ3v) is 14.8. The van der Waals surface area contributed by atoms with Gasteiger partial charge in [0, 0.05) is 42.6 Å². The van der Waals surface area contributed by atoms with E-state index in [4.69, 9.17) is 0 Å². The molecule has 0 fully saturated rings. The lowest BCUT2D eigenvalue weighted by molar-refractivity contribution is 0.563. The van der Waals surface area contributed by atoms with Gasteiger partial charge in [0.1, 0.15) is 0 Å². The van der Waals surface area contributed by atoms with Crippen molar-refractivity contribution < 1.29 is 0 Å². The van der Waals surface area contributed by atoms with Crippen molar-refractivity contribution >= 4 is 54.1 Å². The van der Waals surface area contributed by atoms with Crippen LogP contribution in [0.25, 0.3) is 48.0 Å². The maximum Gasteiger partial charge on any atom is 0.0720 e. The standard InChI is InChI=1S/C58H43NS/c1-57(2)50-19-9-11-21-52(50)58(53-22-12-10-20-51(53)57)49-18-8-6-16-45(49)46-35-33-44(37-54(46)58)59(42-29-24-39(25-30-42)38-14-4-3-5-15-38)43-31-26-40(27-32-43)41-28-34-48-47-17-7-13-23-55(47)60-56(48)36-41/h3-4,6-14,16-37H,5,15H2,1-2H3. The number of hydrogen-bond acceptors (Lipinski definition) is 2. The van der Waals surface area contributed by atoms with E-state index < -0.39 is 5.41 Å². The molecule has 0 amide bonds. The molecule has 1 aromatic heterocycles. The third-order valence-electron chi connectivity index (χ3n) is 13.6. The highest BCUT2D eigenvalue weighted by Crippen LogP contribution is 2.62. The quantitative estimate of drug-likeness (QED) is 0.168. The fourth-order valence-corrected chi connectivity index (χ4v) is 12.0. The molecule has 0 saturated carbocycles. The molecule has 60 heavy (non-hydrogen) atoms. The lowest BCUT2D eigenvalue weighted by Crippen LogP contribution is -2.40. The summed E-state index contributed by atoms with van der Waals surface area (Å²) < 4.78 is 2.66. The zero-order valence-corrected chi connectivity index (χ0v) is 34.6. The van der Waals surface area contributed by atoms with Crippen molar-refractivity contribution in [1.29, 1.82) is 0 Å². The zero-order valence-electron chi connectivity index (χ0n) is 33.8. The first-order valence-corrected chi connectivity index (χ1v) is 22.0. The highest BCUT2D eigenvalue weighted by molar-refractivity contribution is 7.25. The van der Waals surface area contributed by atoms with Crippen molar-refractivity contribution in [1.82, 2.24) is 0 Å². The van der Waals surface area contributed by atoms with Crippen LogP contribution < -0.4 is 4.90 Å². The van der Waals surface area contributed by atoms with Gasteiger partial charge in [0.2, 0.25) is 0 Å². The van der Waals surface area contributed by atoms with E-state index in [-0.39, 0.29) is 5.41 Å². The number of hydrogen-bond donors (Lipinski definition) is 0. The number of nitrogens with zero attached hydrogens (tertiary/aromatic N) is 1. The second-order valence-corrected chi connectivity index (χ2v) is 18.2. The summed E-state index contributed by atoms with van der Waals surface area (Å²) in [7, 11) is 0. The Hall–Kier alpha value is -6.74. The van der Waals surface area contributed by atoms with Crippen molar-refractivity contribution in [3.05, 3.63) is 239 Å². The van der Waals surface area contributed by atoms with Gasteiger partial charge >= 0.3 is 0 Å². The van der Waals surface area contributed by atoms with Crippen molar-refractivity contribution in [2.24, 2.45) is 0 Å². The third kappa shape index (κ3) is 5.11. The Morgan fingerprint density at radius 3 is 1.72 bits per heavy atom. The smallest absolute Gasteiger partial charge is 0.0720 e. The number of rotatable bonds is 5. The Morgan fingerprint density at radius 1 is 0.450 bits per heavy atom. The van der Waals surface area contributed by atoms with Gasteiger partial charge < -0.3 is 4.90 Å². The van der Waals surface area contributed by atoms with E-state index in [1.807, 2.05) is 11.3 Å². The molecule has 2 heteroatoms. The Kier molecular flexibility index (Phi) is 7.86. The molecule has 12 rings (SSSR count). The number of fused-ring (bicyclic) bond motifs is 12. The summed E-state index contributed by atoms with van der Waals surface area (Å²) in [6.07, 6.45) is 8.88. The van der Waals surface area contributed by atoms with E-state index in [1.54, 1.807) is 0 Å². The van der Waals surface area contributed by atoms with E-state index in [0.717, 1.165) is 29.9 Å². The number of allylic oxidation sites excluding steroid dienone is 4. The zero-order chi connectivity index (χ0) is 40.0. The van der Waals surface area contributed by atoms with E-state index in [2.05, 4.69) is 219 Å². The molecule has 0 bridgehead atoms. The fourth-order valence-electron chi connectivity index (χ4n) is 10.8. The molecular weight excluding hydrogens is 743 g/mol. The number of anilines is 3. The maximum absolute atomic E-state index is 2.51. The molecule has 0 atom stereocenters. The van der Waals surface area contributed by atoms with Crippen molar-refractivity contribution in [3.8, 4) is 22.3 Å². The first-order chi connectivity index (χ1) is 29.5. The van der Waals surface area contributed by atoms with Crippen molar-refractivity contribution in [3.63, 3.8) is 0 Å². The van der Waals surface area contributed by atoms with Crippen LogP contribution in [0.4, 0.5) is 17.1 Å². The molecule has 3 aliphatic rings. The van der Waals surface area contributed by atoms with Gasteiger partial charge in [-0.15, -0.1) is 11.3 Å². The molecule has 0 aliphatic heterocycles. The molecule has 9 aromatic rings. The maximum atomic E-state index is 2.51. The highest BCUT2D eigenvalue weighted by atomic mass is 32.1. The second kappa shape index (κ2) is 13.4. The van der Waals surface area contributed by atoms with E-state index in [9.17, 15) is 0 Å². The highest BCUT2D eigenvalue weighted by Gasteiger charge is 2.53. The van der Waals surface area contributed by atoms with Crippen LogP contribution in [0.5, 0.6) is 0 Å². The number of thiophene rings is 1. The molecular formula is C58H43NS. The van der Waals surface area contributed by atoms with Crippen LogP contribution in [-0.4, -0.2) is 0 Å². The molecule has 1 spiro atoms. The van der Waals surface area contributed by atoms with Gasteiger partial charge in [0.25, 0.3) is 0 Å². The first kappa shape index (κ1) is 35.2. The summed E-state index contributed by atoms with van der Waals surface area (Å²) in [6.45, 7) is 4.79. The molecule has 8 aromatic carbocycles. The summed E-state index contributed by atoms with van der Waals surface area (Å²) >= 11 is 1.87. The predicted molar refractivity (Wildman–Crippen MR) is 255 cm³/mol. The predicted octanol–water partition coefficient (Wildman–Crippen LogP) is 15.9. The van der Waals surface area contributed by atoms with Crippen LogP contribution in [-0.2, 0) is 10.8 Å². The normalized spacial score (nSPS) is 15.3. The van der Waals surface area contributed by atoms with Gasteiger partial charge in [-0.3, -0.25) is 0 Å². The molecule has 0 N–H and O–H groups in total. The van der Waals surface area contributed by atoms with Gasteiger partial charge in [0.05, 0.1) is 5.41 Å². The lowest BCUT2D eigenvalue weighted by atomic mass is 9.55. The van der Waals surface area contributed by atoms with E-state index in [0.29, 0.717) is 0 Å². The Bertz CT molecular complexity index is 3180. The average Bonchev–Trinajstić information content (AvgIpc) is 3.82. The largest absolute Gasteiger partial charge is 0.310 e. The molecule has 3 aliphatic carbocycles. The number of benzene rings is 8. The molecule has 0 unspecified atom stereocenters. The minimum atomic E-state index is -0.462. The first-order valence-electron chi connectivity index (χ1n) is 21.2. The Morgan fingerprint density at radius 2 is 1.02 bits per heavy atom. The minimum absolute atomic E-state index is 0.145. The molecule has 1 heterocycles. The fraction of sp³-hybridized carbons (Fsp3) is 0.103. The van der Waals surface area contributed by atoms with Gasteiger partial charge in [-0.2, -0.15) is 0 Å². The Labute approximate surface area is 356 Å². The minimum Gasteiger partial charge on any atom is -0.310 e. The van der Waals surface area contributed by atoms with Crippen molar-refractivity contribution in [2.75, 3.05) is 4.90 Å². The lowest BCUT2D eigenvalue weighted by Gasteiger charge is -2.46. The summed E-state index contributed by atoms with van der Waals surface area (Å²) in [6, 6.07) is 68.9. The van der Waals surface area contributed by atoms with Crippen LogP contribution in [0, 0.1) is 0 Å². The molecule has 1 nitrogen and oxygen atoms in total. The molecule has 286 valence electrons. The SMILES string of the molecule is CC1(C)c2ccccc2C2(c3ccccc3-c3ccc(N(c4ccc(C5=CC=CCC5)cc4)c4ccc(-c5ccc6c(c5)sc5ccccc56)cc4)cc32)c2ccccc21. The van der Waals surface area contributed by atoms with Gasteiger partial charge in [-0.25, -0.2) is 0 Å². The topological polar surface area (TPSA) is 3.24 Å². The van der Waals surface area contributed by atoms with Crippen molar-refractivity contribution in [2.45, 2.75) is 37.5 Å². The molecule has 0 radical (unpaired) electrons. The van der Waals surface area contributed by atoms with Gasteiger partial charge in [-0.1, -0.05) is 166 Å². The van der Waals surface area contributed by atoms with Gasteiger partial charge in [-0.05, 0) is 128 Å². The monoisotopic (exact) mass is 785 g/mol. The van der Waals surface area contributed by atoms with Crippen LogP contribution in [0.15, 0.2) is 200 Å². The summed E-state index contributed by atoms with van der Waals surface area (Å²) in [4.78, 5) is 2.46. The molecule has 0 saturated heterocycles. The Balaban J connectivity index is 1.04. The van der Waals surface area contributed by atoms with Crippen LogP contribution in [0.2, 0.25) is 0 Å². The van der Waals surface area contributed by atoms with E-state index in [1.165, 1.54) is 86.9 Å².